The number of hydrogen-bond acceptors (Lipinski definition) is 3. The van der Waals surface area contributed by atoms with Crippen molar-refractivity contribution in [2.75, 3.05) is 19.0 Å². The highest BCUT2D eigenvalue weighted by molar-refractivity contribution is 9.10. The Morgan fingerprint density at radius 1 is 1.33 bits per heavy atom. The van der Waals surface area contributed by atoms with Gasteiger partial charge in [0.25, 0.3) is 0 Å². The molecule has 1 amide bonds. The lowest BCUT2D eigenvalue weighted by Crippen LogP contribution is -2.11. The van der Waals surface area contributed by atoms with Crippen LogP contribution < -0.4 is 15.8 Å². The highest BCUT2D eigenvalue weighted by atomic mass is 79.9. The first kappa shape index (κ1) is 15.0. The number of carbonyl (C=O) groups is 1. The fraction of sp³-hybridized carbons (Fsp3) is 0.462. The van der Waals surface area contributed by atoms with Gasteiger partial charge < -0.3 is 15.8 Å². The summed E-state index contributed by atoms with van der Waals surface area (Å²) in [6, 6.07) is 5.49. The van der Waals surface area contributed by atoms with Crippen LogP contribution in [0.5, 0.6) is 5.75 Å². The molecule has 4 nitrogen and oxygen atoms in total. The zero-order valence-electron chi connectivity index (χ0n) is 10.5. The third kappa shape index (κ3) is 5.51. The smallest absolute Gasteiger partial charge is 0.224 e. The zero-order valence-corrected chi connectivity index (χ0v) is 12.1. The summed E-state index contributed by atoms with van der Waals surface area (Å²) in [6.07, 6.45) is 3.35. The molecular formula is C13H19BrN2O2. The number of nitrogens with one attached hydrogen (secondary N) is 1. The summed E-state index contributed by atoms with van der Waals surface area (Å²) >= 11 is 3.37. The first-order valence-electron chi connectivity index (χ1n) is 6.00. The number of nitrogens with two attached hydrogens (primary N) is 1. The number of unbranched alkanes of at least 4 members (excludes halogenated alkanes) is 2. The van der Waals surface area contributed by atoms with Crippen LogP contribution >= 0.6 is 15.9 Å². The van der Waals surface area contributed by atoms with Crippen LogP contribution in [0.3, 0.4) is 0 Å². The van der Waals surface area contributed by atoms with E-state index in [1.807, 2.05) is 12.1 Å². The quantitative estimate of drug-likeness (QED) is 0.761. The van der Waals surface area contributed by atoms with E-state index in [-0.39, 0.29) is 5.91 Å². The van der Waals surface area contributed by atoms with Crippen molar-refractivity contribution in [3.05, 3.63) is 22.7 Å². The SMILES string of the molecule is COc1cc(Br)cc(NC(=O)CCCCCN)c1. The standard InChI is InChI=1S/C13H19BrN2O2/c1-18-12-8-10(14)7-11(9-12)16-13(17)5-3-2-4-6-15/h7-9H,2-6,15H2,1H3,(H,16,17). The van der Waals surface area contributed by atoms with Crippen molar-refractivity contribution >= 4 is 27.5 Å². The molecule has 1 rings (SSSR count). The Balaban J connectivity index is 2.46. The number of benzene rings is 1. The summed E-state index contributed by atoms with van der Waals surface area (Å²) in [4.78, 5) is 11.7. The monoisotopic (exact) mass is 314 g/mol. The molecule has 0 saturated carbocycles. The van der Waals surface area contributed by atoms with Gasteiger partial charge in [-0.25, -0.2) is 0 Å². The van der Waals surface area contributed by atoms with Gasteiger partial charge in [0.1, 0.15) is 5.75 Å². The maximum Gasteiger partial charge on any atom is 0.224 e. The molecule has 0 aliphatic carbocycles. The maximum atomic E-state index is 11.7. The highest BCUT2D eigenvalue weighted by Gasteiger charge is 2.04. The van der Waals surface area contributed by atoms with Gasteiger partial charge in [-0.15, -0.1) is 0 Å². The van der Waals surface area contributed by atoms with E-state index in [2.05, 4.69) is 21.2 Å². The second-order valence-corrected chi connectivity index (χ2v) is 4.94. The normalized spacial score (nSPS) is 10.2. The second kappa shape index (κ2) is 8.11. The molecule has 0 aliphatic rings. The first-order chi connectivity index (χ1) is 8.65. The molecule has 0 radical (unpaired) electrons. The van der Waals surface area contributed by atoms with Crippen LogP contribution in [-0.2, 0) is 4.79 Å². The van der Waals surface area contributed by atoms with Crippen molar-refractivity contribution < 1.29 is 9.53 Å². The Morgan fingerprint density at radius 3 is 2.78 bits per heavy atom. The van der Waals surface area contributed by atoms with Crippen LogP contribution in [0.4, 0.5) is 5.69 Å². The van der Waals surface area contributed by atoms with Crippen molar-refractivity contribution in [2.24, 2.45) is 5.73 Å². The third-order valence-electron chi connectivity index (χ3n) is 2.50. The molecule has 0 atom stereocenters. The van der Waals surface area contributed by atoms with Crippen LogP contribution in [-0.4, -0.2) is 19.6 Å². The van der Waals surface area contributed by atoms with Gasteiger partial charge in [0.2, 0.25) is 5.91 Å². The lowest BCUT2D eigenvalue weighted by Gasteiger charge is -2.08. The molecule has 0 saturated heterocycles. The van der Waals surface area contributed by atoms with Gasteiger partial charge in [-0.3, -0.25) is 4.79 Å². The number of hydrogen-bond donors (Lipinski definition) is 2. The van der Waals surface area contributed by atoms with E-state index in [0.29, 0.717) is 18.7 Å². The van der Waals surface area contributed by atoms with Crippen LogP contribution in [0.25, 0.3) is 0 Å². The van der Waals surface area contributed by atoms with Gasteiger partial charge in [-0.1, -0.05) is 22.4 Å². The summed E-state index contributed by atoms with van der Waals surface area (Å²) in [5.74, 6) is 0.731. The van der Waals surface area contributed by atoms with E-state index in [4.69, 9.17) is 10.5 Å². The molecule has 1 aromatic carbocycles. The molecule has 0 heterocycles. The summed E-state index contributed by atoms with van der Waals surface area (Å²) in [5.41, 5.74) is 6.14. The van der Waals surface area contributed by atoms with Crippen LogP contribution in [0.1, 0.15) is 25.7 Å². The number of halogens is 1. The number of methoxy groups -OCH3 is 1. The number of anilines is 1. The molecule has 0 aromatic heterocycles. The van der Waals surface area contributed by atoms with E-state index in [1.165, 1.54) is 0 Å². The Morgan fingerprint density at radius 2 is 2.11 bits per heavy atom. The van der Waals surface area contributed by atoms with Gasteiger partial charge in [-0.2, -0.15) is 0 Å². The van der Waals surface area contributed by atoms with Crippen molar-refractivity contribution in [3.63, 3.8) is 0 Å². The number of rotatable bonds is 7. The Bertz CT molecular complexity index is 397. The molecule has 0 unspecified atom stereocenters. The lowest BCUT2D eigenvalue weighted by atomic mass is 10.2. The average molecular weight is 315 g/mol. The van der Waals surface area contributed by atoms with Gasteiger partial charge in [-0.05, 0) is 31.5 Å². The molecule has 3 N–H and O–H groups in total. The van der Waals surface area contributed by atoms with E-state index in [9.17, 15) is 4.79 Å². The molecule has 0 fully saturated rings. The maximum absolute atomic E-state index is 11.7. The molecule has 0 aliphatic heterocycles. The Labute approximate surface area is 116 Å². The largest absolute Gasteiger partial charge is 0.497 e. The van der Waals surface area contributed by atoms with Crippen molar-refractivity contribution in [1.29, 1.82) is 0 Å². The molecular weight excluding hydrogens is 296 g/mol. The molecule has 0 spiro atoms. The van der Waals surface area contributed by atoms with Gasteiger partial charge in [0.15, 0.2) is 0 Å². The minimum atomic E-state index is 0.0205. The first-order valence-corrected chi connectivity index (χ1v) is 6.79. The van der Waals surface area contributed by atoms with E-state index in [1.54, 1.807) is 13.2 Å². The summed E-state index contributed by atoms with van der Waals surface area (Å²) in [6.45, 7) is 0.685. The molecule has 18 heavy (non-hydrogen) atoms. The summed E-state index contributed by atoms with van der Waals surface area (Å²) in [5, 5.41) is 2.85. The Kier molecular flexibility index (Phi) is 6.75. The minimum Gasteiger partial charge on any atom is -0.497 e. The zero-order chi connectivity index (χ0) is 13.4. The van der Waals surface area contributed by atoms with Crippen molar-refractivity contribution in [3.8, 4) is 5.75 Å². The number of amides is 1. The van der Waals surface area contributed by atoms with Crippen LogP contribution in [0.15, 0.2) is 22.7 Å². The van der Waals surface area contributed by atoms with Gasteiger partial charge >= 0.3 is 0 Å². The van der Waals surface area contributed by atoms with E-state index >= 15 is 0 Å². The lowest BCUT2D eigenvalue weighted by molar-refractivity contribution is -0.116. The highest BCUT2D eigenvalue weighted by Crippen LogP contribution is 2.24. The van der Waals surface area contributed by atoms with Crippen LogP contribution in [0, 0.1) is 0 Å². The number of carbonyl (C=O) groups excluding carboxylic acids is 1. The van der Waals surface area contributed by atoms with Crippen molar-refractivity contribution in [2.45, 2.75) is 25.7 Å². The third-order valence-corrected chi connectivity index (χ3v) is 2.96. The minimum absolute atomic E-state index is 0.0205. The van der Waals surface area contributed by atoms with Gasteiger partial charge in [0.05, 0.1) is 7.11 Å². The van der Waals surface area contributed by atoms with Crippen LogP contribution in [0.2, 0.25) is 0 Å². The molecule has 1 aromatic rings. The Hall–Kier alpha value is -1.07. The molecule has 5 heteroatoms. The summed E-state index contributed by atoms with van der Waals surface area (Å²) in [7, 11) is 1.60. The molecule has 0 bridgehead atoms. The topological polar surface area (TPSA) is 64.3 Å². The van der Waals surface area contributed by atoms with E-state index < -0.39 is 0 Å². The molecule has 100 valence electrons. The summed E-state index contributed by atoms with van der Waals surface area (Å²) < 4.78 is 6.01. The fourth-order valence-corrected chi connectivity index (χ4v) is 2.06. The van der Waals surface area contributed by atoms with Crippen molar-refractivity contribution in [1.82, 2.24) is 0 Å². The van der Waals surface area contributed by atoms with E-state index in [0.717, 1.165) is 29.4 Å². The number of ether oxygens (including phenoxy) is 1. The fourth-order valence-electron chi connectivity index (χ4n) is 1.58. The predicted octanol–water partition coefficient (Wildman–Crippen LogP) is 2.92. The average Bonchev–Trinajstić information content (AvgIpc) is 2.34. The van der Waals surface area contributed by atoms with Gasteiger partial charge in [0, 0.05) is 22.6 Å². The second-order valence-electron chi connectivity index (χ2n) is 4.03. The predicted molar refractivity (Wildman–Crippen MR) is 76.8 cm³/mol.